The van der Waals surface area contributed by atoms with Crippen LogP contribution in [0.15, 0.2) is 17.2 Å². The number of aryl methyl sites for hydroxylation is 2. The molecule has 0 saturated carbocycles. The molecule has 136 valence electrons. The van der Waals surface area contributed by atoms with Crippen molar-refractivity contribution in [2.75, 3.05) is 24.7 Å². The third-order valence-corrected chi connectivity index (χ3v) is 5.51. The van der Waals surface area contributed by atoms with Crippen molar-refractivity contribution in [2.24, 2.45) is 7.05 Å². The van der Waals surface area contributed by atoms with Gasteiger partial charge < -0.3 is 10.6 Å². The van der Waals surface area contributed by atoms with Crippen LogP contribution in [0.3, 0.4) is 0 Å². The molecule has 0 radical (unpaired) electrons. The summed E-state index contributed by atoms with van der Waals surface area (Å²) >= 11 is 0. The monoisotopic (exact) mass is 364 g/mol. The zero-order valence-corrected chi connectivity index (χ0v) is 15.6. The van der Waals surface area contributed by atoms with E-state index in [9.17, 15) is 8.42 Å². The second kappa shape index (κ2) is 7.09. The molecule has 1 aliphatic heterocycles. The highest BCUT2D eigenvalue weighted by atomic mass is 32.2. The van der Waals surface area contributed by atoms with E-state index in [4.69, 9.17) is 0 Å². The predicted molar refractivity (Wildman–Crippen MR) is 95.3 cm³/mol. The first kappa shape index (κ1) is 17.8. The molecule has 2 aromatic heterocycles. The summed E-state index contributed by atoms with van der Waals surface area (Å²) < 4.78 is 26.0. The maximum atomic E-state index is 12.1. The van der Waals surface area contributed by atoms with Crippen LogP contribution in [0.4, 0.5) is 5.95 Å². The minimum absolute atomic E-state index is 0.0842. The van der Waals surface area contributed by atoms with Crippen LogP contribution >= 0.6 is 0 Å². The van der Waals surface area contributed by atoms with E-state index in [0.29, 0.717) is 18.2 Å². The van der Waals surface area contributed by atoms with E-state index in [-0.39, 0.29) is 10.8 Å². The highest BCUT2D eigenvalue weighted by Gasteiger charge is 2.25. The predicted octanol–water partition coefficient (Wildman–Crippen LogP) is 1.00. The zero-order valence-electron chi connectivity index (χ0n) is 14.8. The Bertz CT molecular complexity index is 856. The highest BCUT2D eigenvalue weighted by Crippen LogP contribution is 2.28. The summed E-state index contributed by atoms with van der Waals surface area (Å²) in [6, 6.07) is 1.99. The van der Waals surface area contributed by atoms with Gasteiger partial charge in [-0.2, -0.15) is 5.10 Å². The van der Waals surface area contributed by atoms with E-state index in [0.717, 1.165) is 37.3 Å². The van der Waals surface area contributed by atoms with Gasteiger partial charge in [-0.1, -0.05) is 0 Å². The van der Waals surface area contributed by atoms with Gasteiger partial charge >= 0.3 is 0 Å². The van der Waals surface area contributed by atoms with Crippen LogP contribution in [0.25, 0.3) is 0 Å². The van der Waals surface area contributed by atoms with Crippen molar-refractivity contribution in [3.63, 3.8) is 0 Å². The fraction of sp³-hybridized carbons (Fsp3) is 0.562. The third-order valence-electron chi connectivity index (χ3n) is 4.39. The molecule has 0 spiro atoms. The van der Waals surface area contributed by atoms with Crippen LogP contribution in [0.5, 0.6) is 0 Å². The molecule has 0 amide bonds. The van der Waals surface area contributed by atoms with Gasteiger partial charge in [-0.25, -0.2) is 18.4 Å². The number of sulfone groups is 1. The Morgan fingerprint density at radius 2 is 2.24 bits per heavy atom. The van der Waals surface area contributed by atoms with Gasteiger partial charge in [0.2, 0.25) is 5.95 Å². The lowest BCUT2D eigenvalue weighted by Gasteiger charge is -2.24. The van der Waals surface area contributed by atoms with Crippen molar-refractivity contribution in [1.29, 1.82) is 0 Å². The second-order valence-electron chi connectivity index (χ2n) is 6.51. The molecule has 25 heavy (non-hydrogen) atoms. The van der Waals surface area contributed by atoms with Crippen molar-refractivity contribution in [1.82, 2.24) is 25.1 Å². The SMILES string of the molecule is Cc1cc(CNc2ncc(S(C)(=O)=O)c([C@H]3CCCNC3)n2)n(C)n1. The Kier molecular flexibility index (Phi) is 5.05. The zero-order chi connectivity index (χ0) is 18.0. The normalized spacial score (nSPS) is 18.3. The summed E-state index contributed by atoms with van der Waals surface area (Å²) in [6.45, 7) is 4.16. The molecular formula is C16H24N6O2S. The number of piperidine rings is 1. The lowest BCUT2D eigenvalue weighted by atomic mass is 9.96. The van der Waals surface area contributed by atoms with Crippen LogP contribution in [0.2, 0.25) is 0 Å². The lowest BCUT2D eigenvalue weighted by molar-refractivity contribution is 0.448. The van der Waals surface area contributed by atoms with Crippen molar-refractivity contribution in [3.8, 4) is 0 Å². The van der Waals surface area contributed by atoms with E-state index in [1.54, 1.807) is 4.68 Å². The van der Waals surface area contributed by atoms with Crippen molar-refractivity contribution in [3.05, 3.63) is 29.3 Å². The van der Waals surface area contributed by atoms with Crippen LogP contribution in [-0.4, -0.2) is 47.5 Å². The smallest absolute Gasteiger partial charge is 0.223 e. The summed E-state index contributed by atoms with van der Waals surface area (Å²) in [4.78, 5) is 8.97. The van der Waals surface area contributed by atoms with E-state index in [1.165, 1.54) is 12.5 Å². The van der Waals surface area contributed by atoms with Gasteiger partial charge in [0.1, 0.15) is 4.90 Å². The number of anilines is 1. The highest BCUT2D eigenvalue weighted by molar-refractivity contribution is 7.90. The molecule has 3 rings (SSSR count). The number of hydrogen-bond acceptors (Lipinski definition) is 7. The van der Waals surface area contributed by atoms with Crippen LogP contribution in [0.1, 0.15) is 35.8 Å². The van der Waals surface area contributed by atoms with Crippen LogP contribution in [-0.2, 0) is 23.4 Å². The van der Waals surface area contributed by atoms with Gasteiger partial charge in [0.05, 0.1) is 29.8 Å². The average Bonchev–Trinajstić information content (AvgIpc) is 2.90. The van der Waals surface area contributed by atoms with Crippen molar-refractivity contribution >= 4 is 15.8 Å². The Morgan fingerprint density at radius 1 is 1.44 bits per heavy atom. The molecular weight excluding hydrogens is 340 g/mol. The standard InChI is InChI=1S/C16H24N6O2S/c1-11-7-13(22(2)21-11)9-18-16-19-10-14(25(3,23)24)15(20-16)12-5-4-6-17-8-12/h7,10,12,17H,4-6,8-9H2,1-3H3,(H,18,19,20)/t12-/m0/s1. The minimum Gasteiger partial charge on any atom is -0.349 e. The molecule has 1 saturated heterocycles. The second-order valence-corrected chi connectivity index (χ2v) is 8.50. The van der Waals surface area contributed by atoms with Crippen molar-refractivity contribution in [2.45, 2.75) is 37.1 Å². The quantitative estimate of drug-likeness (QED) is 0.816. The molecule has 1 aliphatic rings. The summed E-state index contributed by atoms with van der Waals surface area (Å²) in [5.41, 5.74) is 2.56. The Labute approximate surface area is 148 Å². The average molecular weight is 364 g/mol. The first-order valence-corrected chi connectivity index (χ1v) is 10.2. The minimum atomic E-state index is -3.36. The van der Waals surface area contributed by atoms with Crippen molar-refractivity contribution < 1.29 is 8.42 Å². The largest absolute Gasteiger partial charge is 0.349 e. The lowest BCUT2D eigenvalue weighted by Crippen LogP contribution is -2.30. The number of hydrogen-bond donors (Lipinski definition) is 2. The molecule has 2 aromatic rings. The Morgan fingerprint density at radius 3 is 2.84 bits per heavy atom. The topological polar surface area (TPSA) is 102 Å². The van der Waals surface area contributed by atoms with Gasteiger partial charge in [-0.15, -0.1) is 0 Å². The van der Waals surface area contributed by atoms with Gasteiger partial charge in [-0.3, -0.25) is 4.68 Å². The molecule has 0 aliphatic carbocycles. The van der Waals surface area contributed by atoms with Gasteiger partial charge in [0.15, 0.2) is 9.84 Å². The molecule has 1 fully saturated rings. The van der Waals surface area contributed by atoms with E-state index in [2.05, 4.69) is 25.7 Å². The summed E-state index contributed by atoms with van der Waals surface area (Å²) in [6.07, 6.45) is 4.56. The first-order valence-electron chi connectivity index (χ1n) is 8.35. The maximum absolute atomic E-state index is 12.1. The summed E-state index contributed by atoms with van der Waals surface area (Å²) in [7, 11) is -1.48. The molecule has 1 atom stereocenters. The Balaban J connectivity index is 1.86. The van der Waals surface area contributed by atoms with Crippen LogP contribution in [0, 0.1) is 6.92 Å². The van der Waals surface area contributed by atoms with E-state index in [1.807, 2.05) is 20.0 Å². The fourth-order valence-corrected chi connectivity index (χ4v) is 3.97. The van der Waals surface area contributed by atoms with Gasteiger partial charge in [0, 0.05) is 25.8 Å². The maximum Gasteiger partial charge on any atom is 0.223 e. The Hall–Kier alpha value is -2.00. The summed E-state index contributed by atoms with van der Waals surface area (Å²) in [5.74, 6) is 0.521. The molecule has 8 nitrogen and oxygen atoms in total. The number of rotatable bonds is 5. The van der Waals surface area contributed by atoms with E-state index < -0.39 is 9.84 Å². The molecule has 9 heteroatoms. The first-order chi connectivity index (χ1) is 11.8. The van der Waals surface area contributed by atoms with Gasteiger partial charge in [0.25, 0.3) is 0 Å². The number of aromatic nitrogens is 4. The number of nitrogens with zero attached hydrogens (tertiary/aromatic N) is 4. The van der Waals surface area contributed by atoms with Gasteiger partial charge in [-0.05, 0) is 32.4 Å². The van der Waals surface area contributed by atoms with Crippen LogP contribution < -0.4 is 10.6 Å². The molecule has 0 aromatic carbocycles. The molecule has 3 heterocycles. The number of nitrogens with one attached hydrogen (secondary N) is 2. The molecule has 0 bridgehead atoms. The molecule has 2 N–H and O–H groups in total. The van der Waals surface area contributed by atoms with E-state index >= 15 is 0 Å². The fourth-order valence-electron chi connectivity index (χ4n) is 3.13. The molecule has 0 unspecified atom stereocenters. The summed E-state index contributed by atoms with van der Waals surface area (Å²) in [5, 5.41) is 10.8. The third kappa shape index (κ3) is 4.16.